The third-order valence-corrected chi connectivity index (χ3v) is 5.77. The molecule has 2 aromatic rings. The van der Waals surface area contributed by atoms with Crippen LogP contribution >= 0.6 is 0 Å². The number of rotatable bonds is 12. The van der Waals surface area contributed by atoms with Gasteiger partial charge in [-0.15, -0.1) is 0 Å². The van der Waals surface area contributed by atoms with Crippen molar-refractivity contribution in [3.63, 3.8) is 0 Å². The second-order valence-corrected chi connectivity index (χ2v) is 9.03. The average molecular weight is 459 g/mol. The zero-order valence-electron chi connectivity index (χ0n) is 18.0. The molecule has 0 aliphatic heterocycles. The minimum atomic E-state index is -3.55. The molecule has 0 saturated heterocycles. The van der Waals surface area contributed by atoms with Gasteiger partial charge in [0, 0.05) is 17.9 Å². The smallest absolute Gasteiger partial charge is 0.310 e. The first-order valence-electron chi connectivity index (χ1n) is 9.86. The van der Waals surface area contributed by atoms with Crippen molar-refractivity contribution in [2.75, 3.05) is 19.5 Å². The third-order valence-electron chi connectivity index (χ3n) is 4.66. The monoisotopic (exact) mass is 458 g/mol. The van der Waals surface area contributed by atoms with Crippen LogP contribution in [-0.2, 0) is 14.6 Å². The van der Waals surface area contributed by atoms with E-state index in [0.29, 0.717) is 5.75 Å². The lowest BCUT2D eigenvalue weighted by atomic mass is 9.87. The van der Waals surface area contributed by atoms with Crippen LogP contribution in [0.5, 0.6) is 11.5 Å². The summed E-state index contributed by atoms with van der Waals surface area (Å²) in [5.74, 6) is -2.23. The van der Waals surface area contributed by atoms with E-state index < -0.39 is 27.5 Å². The molecule has 0 aromatic heterocycles. The van der Waals surface area contributed by atoms with Crippen molar-refractivity contribution >= 4 is 21.6 Å². The Kier molecular flexibility index (Phi) is 8.37. The predicted octanol–water partition coefficient (Wildman–Crippen LogP) is 4.03. The van der Waals surface area contributed by atoms with Crippen LogP contribution in [0.1, 0.15) is 40.7 Å². The Morgan fingerprint density at radius 3 is 2.31 bits per heavy atom. The number of carboxylic acids is 1. The van der Waals surface area contributed by atoms with Gasteiger partial charge in [-0.1, -0.05) is 44.4 Å². The van der Waals surface area contributed by atoms with Gasteiger partial charge in [0.2, 0.25) is 0 Å². The number of aliphatic carboxylic acids is 1. The summed E-state index contributed by atoms with van der Waals surface area (Å²) in [4.78, 5) is 25.5. The molecule has 1 unspecified atom stereocenters. The first-order chi connectivity index (χ1) is 15.1. The van der Waals surface area contributed by atoms with Crippen molar-refractivity contribution < 1.29 is 32.6 Å². The number of carbonyl (C=O) groups excluding carboxylic acids is 1. The third kappa shape index (κ3) is 5.85. The summed E-state index contributed by atoms with van der Waals surface area (Å²) in [6.45, 7) is 9.14. The highest BCUT2D eigenvalue weighted by molar-refractivity contribution is 7.90. The number of ether oxygens (including phenoxy) is 2. The molecule has 0 aliphatic rings. The highest BCUT2D eigenvalue weighted by atomic mass is 32.2. The maximum absolute atomic E-state index is 13.5. The fraction of sp³-hybridized carbons (Fsp3) is 0.250. The zero-order valence-corrected chi connectivity index (χ0v) is 18.9. The van der Waals surface area contributed by atoms with Crippen LogP contribution in [0.25, 0.3) is 0 Å². The lowest BCUT2D eigenvalue weighted by Crippen LogP contribution is -2.18. The summed E-state index contributed by atoms with van der Waals surface area (Å²) < 4.78 is 35.2. The number of benzene rings is 2. The molecule has 0 amide bonds. The Bertz CT molecular complexity index is 1130. The topological polar surface area (TPSA) is 107 Å². The summed E-state index contributed by atoms with van der Waals surface area (Å²) >= 11 is 0. The Morgan fingerprint density at radius 2 is 1.75 bits per heavy atom. The van der Waals surface area contributed by atoms with Crippen molar-refractivity contribution in [1.82, 2.24) is 0 Å². The summed E-state index contributed by atoms with van der Waals surface area (Å²) in [7, 11) is -3.55. The molecule has 0 heterocycles. The van der Waals surface area contributed by atoms with Crippen LogP contribution in [0.2, 0.25) is 0 Å². The van der Waals surface area contributed by atoms with Crippen molar-refractivity contribution in [2.24, 2.45) is 0 Å². The van der Waals surface area contributed by atoms with Crippen molar-refractivity contribution in [2.45, 2.75) is 24.2 Å². The highest BCUT2D eigenvalue weighted by Crippen LogP contribution is 2.37. The molecular formula is C24H26O7S. The van der Waals surface area contributed by atoms with Gasteiger partial charge in [-0.25, -0.2) is 8.42 Å². The van der Waals surface area contributed by atoms with E-state index in [1.807, 2.05) is 0 Å². The number of hydrogen-bond donors (Lipinski definition) is 1. The second-order valence-electron chi connectivity index (χ2n) is 7.01. The minimum absolute atomic E-state index is 0.0188. The van der Waals surface area contributed by atoms with Gasteiger partial charge in [-0.2, -0.15) is 0 Å². The molecule has 1 atom stereocenters. The van der Waals surface area contributed by atoms with Crippen molar-refractivity contribution in [3.8, 4) is 11.5 Å². The maximum atomic E-state index is 13.5. The Balaban J connectivity index is 2.79. The zero-order chi connectivity index (χ0) is 23.9. The van der Waals surface area contributed by atoms with Crippen LogP contribution in [0.3, 0.4) is 0 Å². The molecular weight excluding hydrogens is 432 g/mol. The van der Waals surface area contributed by atoms with Gasteiger partial charge in [0.05, 0.1) is 16.4 Å². The van der Waals surface area contributed by atoms with Gasteiger partial charge in [0.25, 0.3) is 0 Å². The molecule has 1 N–H and O–H groups in total. The fourth-order valence-corrected chi connectivity index (χ4v) is 3.84. The molecule has 0 saturated carbocycles. The van der Waals surface area contributed by atoms with E-state index in [9.17, 15) is 23.1 Å². The first kappa shape index (κ1) is 24.9. The molecule has 0 bridgehead atoms. The Hall–Kier alpha value is -3.39. The van der Waals surface area contributed by atoms with Crippen LogP contribution in [0.15, 0.2) is 66.6 Å². The van der Waals surface area contributed by atoms with E-state index in [-0.39, 0.29) is 47.0 Å². The maximum Gasteiger partial charge on any atom is 0.310 e. The van der Waals surface area contributed by atoms with E-state index in [1.54, 1.807) is 6.92 Å². The predicted molar refractivity (Wildman–Crippen MR) is 121 cm³/mol. The molecule has 7 nitrogen and oxygen atoms in total. The molecule has 8 heteroatoms. The van der Waals surface area contributed by atoms with Gasteiger partial charge in [-0.05, 0) is 30.2 Å². The molecule has 0 fully saturated rings. The first-order valence-corrected chi connectivity index (χ1v) is 11.8. The van der Waals surface area contributed by atoms with Crippen molar-refractivity contribution in [1.29, 1.82) is 0 Å². The number of sulfone groups is 1. The molecule has 2 rings (SSSR count). The van der Waals surface area contributed by atoms with Gasteiger partial charge >= 0.3 is 5.97 Å². The van der Waals surface area contributed by atoms with Crippen LogP contribution in [0.4, 0.5) is 0 Å². The summed E-state index contributed by atoms with van der Waals surface area (Å²) in [6, 6.07) is 8.59. The van der Waals surface area contributed by atoms with E-state index in [1.165, 1.54) is 48.6 Å². The number of carbonyl (C=O) groups is 2. The number of ketones is 1. The highest BCUT2D eigenvalue weighted by Gasteiger charge is 2.29. The molecule has 170 valence electrons. The SMILES string of the molecule is C=CCOc1cc(OCC=C)c(C(=O)c2cccc(S(C)(=O)=O)c2)c(C(CC)C(=O)O)c1. The Morgan fingerprint density at radius 1 is 1.09 bits per heavy atom. The lowest BCUT2D eigenvalue weighted by molar-refractivity contribution is -0.138. The second kappa shape index (κ2) is 10.8. The lowest BCUT2D eigenvalue weighted by Gasteiger charge is -2.20. The summed E-state index contributed by atoms with van der Waals surface area (Å²) in [5, 5.41) is 9.78. The van der Waals surface area contributed by atoms with Crippen molar-refractivity contribution in [3.05, 3.63) is 78.4 Å². The number of carboxylic acid groups (broad SMARTS) is 1. The van der Waals surface area contributed by atoms with E-state index in [0.717, 1.165) is 6.26 Å². The quantitative estimate of drug-likeness (QED) is 0.378. The fourth-order valence-electron chi connectivity index (χ4n) is 3.17. The standard InChI is InChI=1S/C24H26O7S/c1-5-11-30-17-14-20(19(7-3)24(26)27)22(21(15-17)31-12-6-2)23(25)16-9-8-10-18(13-16)32(4,28)29/h5-6,8-10,13-15,19H,1-2,7,11-12H2,3-4H3,(H,26,27). The molecule has 0 aliphatic carbocycles. The average Bonchev–Trinajstić information content (AvgIpc) is 2.75. The van der Waals surface area contributed by atoms with Crippen LogP contribution in [0, 0.1) is 0 Å². The van der Waals surface area contributed by atoms with E-state index in [4.69, 9.17) is 9.47 Å². The molecule has 0 radical (unpaired) electrons. The van der Waals surface area contributed by atoms with Gasteiger partial charge < -0.3 is 14.6 Å². The minimum Gasteiger partial charge on any atom is -0.489 e. The molecule has 0 spiro atoms. The van der Waals surface area contributed by atoms with E-state index in [2.05, 4.69) is 13.2 Å². The normalized spacial score (nSPS) is 11.9. The van der Waals surface area contributed by atoms with Crippen LogP contribution < -0.4 is 9.47 Å². The summed E-state index contributed by atoms with van der Waals surface area (Å²) in [6.07, 6.45) is 4.28. The number of hydrogen-bond acceptors (Lipinski definition) is 6. The van der Waals surface area contributed by atoms with Gasteiger partial charge in [0.1, 0.15) is 24.7 Å². The molecule has 32 heavy (non-hydrogen) atoms. The van der Waals surface area contributed by atoms with E-state index >= 15 is 0 Å². The van der Waals surface area contributed by atoms with Crippen LogP contribution in [-0.4, -0.2) is 44.7 Å². The Labute approximate surface area is 187 Å². The van der Waals surface area contributed by atoms with Gasteiger partial charge in [0.15, 0.2) is 15.6 Å². The largest absolute Gasteiger partial charge is 0.489 e. The van der Waals surface area contributed by atoms with Gasteiger partial charge in [-0.3, -0.25) is 9.59 Å². The summed E-state index contributed by atoms with van der Waals surface area (Å²) in [5.41, 5.74) is 0.353. The molecule has 2 aromatic carbocycles.